The van der Waals surface area contributed by atoms with Crippen molar-refractivity contribution in [3.05, 3.63) is 54.0 Å². The molecule has 0 saturated carbocycles. The summed E-state index contributed by atoms with van der Waals surface area (Å²) in [5.41, 5.74) is 0.876. The number of nitrogens with one attached hydrogen (secondary N) is 3. The Kier molecular flexibility index (Phi) is 8.49. The monoisotopic (exact) mass is 487 g/mol. The second-order valence-electron chi connectivity index (χ2n) is 8.84. The van der Waals surface area contributed by atoms with Crippen LogP contribution in [0.5, 0.6) is 0 Å². The number of piperidine rings is 1. The largest absolute Gasteiger partial charge is 0.378 e. The highest BCUT2D eigenvalue weighted by molar-refractivity contribution is 7.97. The van der Waals surface area contributed by atoms with E-state index >= 15 is 0 Å². The summed E-state index contributed by atoms with van der Waals surface area (Å²) in [6.45, 7) is 3.33. The molecule has 1 aromatic carbocycles. The average Bonchev–Trinajstić information content (AvgIpc) is 2.80. The molecule has 1 atom stereocenters. The highest BCUT2D eigenvalue weighted by Gasteiger charge is 2.27. The van der Waals surface area contributed by atoms with Crippen molar-refractivity contribution >= 4 is 29.4 Å². The summed E-state index contributed by atoms with van der Waals surface area (Å²) < 4.78 is 21.7. The lowest BCUT2D eigenvalue weighted by molar-refractivity contribution is -0.118. The molecular weight excluding hydrogens is 457 g/mol. The van der Waals surface area contributed by atoms with E-state index < -0.39 is 17.8 Å². The fourth-order valence-corrected chi connectivity index (χ4v) is 4.56. The number of benzene rings is 1. The third-order valence-electron chi connectivity index (χ3n) is 6.11. The Balaban J connectivity index is 1.38. The molecule has 2 saturated heterocycles. The van der Waals surface area contributed by atoms with E-state index in [0.29, 0.717) is 42.8 Å². The lowest BCUT2D eigenvalue weighted by atomic mass is 9.90. The number of anilines is 1. The van der Waals surface area contributed by atoms with Gasteiger partial charge < -0.3 is 20.3 Å². The summed E-state index contributed by atoms with van der Waals surface area (Å²) in [6.07, 6.45) is 4.09. The maximum atomic E-state index is 13.2. The molecule has 0 radical (unpaired) electrons. The molecule has 3 heterocycles. The van der Waals surface area contributed by atoms with Gasteiger partial charge in [-0.25, -0.2) is 9.37 Å². The zero-order valence-electron chi connectivity index (χ0n) is 19.1. The fourth-order valence-electron chi connectivity index (χ4n) is 3.90. The Morgan fingerprint density at radius 3 is 2.53 bits per heavy atom. The average molecular weight is 488 g/mol. The number of hydrogen-bond donors (Lipinski definition) is 3. The molecule has 0 spiro atoms. The quantitative estimate of drug-likeness (QED) is 0.468. The molecule has 3 N–H and O–H groups in total. The second-order valence-corrected chi connectivity index (χ2v) is 9.70. The molecule has 0 bridgehead atoms. The van der Waals surface area contributed by atoms with Crippen LogP contribution in [0.25, 0.3) is 0 Å². The molecule has 2 amide bonds. The van der Waals surface area contributed by atoms with Crippen LogP contribution in [0.2, 0.25) is 0 Å². The minimum atomic E-state index is -0.708. The van der Waals surface area contributed by atoms with Crippen LogP contribution in [0.4, 0.5) is 10.1 Å². The number of aromatic nitrogens is 1. The van der Waals surface area contributed by atoms with E-state index in [4.69, 9.17) is 4.74 Å². The van der Waals surface area contributed by atoms with Gasteiger partial charge in [0.05, 0.1) is 31.1 Å². The lowest BCUT2D eigenvalue weighted by Crippen LogP contribution is -2.46. The number of carbonyl (C=O) groups excluding carboxylic acids is 2. The minimum Gasteiger partial charge on any atom is -0.378 e. The van der Waals surface area contributed by atoms with Gasteiger partial charge in [-0.15, -0.1) is 0 Å². The zero-order chi connectivity index (χ0) is 23.9. The molecule has 34 heavy (non-hydrogen) atoms. The molecule has 2 fully saturated rings. The van der Waals surface area contributed by atoms with Gasteiger partial charge in [0.1, 0.15) is 16.9 Å². The van der Waals surface area contributed by atoms with Crippen LogP contribution in [0.1, 0.15) is 29.6 Å². The first kappa shape index (κ1) is 24.6. The number of pyridine rings is 1. The Hall–Kier alpha value is -2.53. The molecule has 10 heteroatoms. The van der Waals surface area contributed by atoms with E-state index in [1.165, 1.54) is 36.2 Å². The smallest absolute Gasteiger partial charge is 0.251 e. The second kappa shape index (κ2) is 11.7. The first-order valence-electron chi connectivity index (χ1n) is 11.5. The van der Waals surface area contributed by atoms with Crippen LogP contribution >= 0.6 is 11.9 Å². The predicted molar refractivity (Wildman–Crippen MR) is 129 cm³/mol. The van der Waals surface area contributed by atoms with Crippen LogP contribution in [-0.4, -0.2) is 67.1 Å². The molecule has 1 aromatic heterocycles. The Bertz CT molecular complexity index is 964. The van der Waals surface area contributed by atoms with Gasteiger partial charge in [0, 0.05) is 5.56 Å². The molecule has 1 unspecified atom stereocenters. The highest BCUT2D eigenvalue weighted by atomic mass is 32.2. The van der Waals surface area contributed by atoms with Gasteiger partial charge in [-0.2, -0.15) is 0 Å². The zero-order valence-corrected chi connectivity index (χ0v) is 19.9. The van der Waals surface area contributed by atoms with E-state index in [0.717, 1.165) is 31.0 Å². The van der Waals surface area contributed by atoms with E-state index in [-0.39, 0.29) is 5.91 Å². The third kappa shape index (κ3) is 6.99. The molecule has 182 valence electrons. The van der Waals surface area contributed by atoms with Gasteiger partial charge in [0.2, 0.25) is 5.91 Å². The van der Waals surface area contributed by atoms with Crippen molar-refractivity contribution in [3.63, 3.8) is 0 Å². The summed E-state index contributed by atoms with van der Waals surface area (Å²) in [5.74, 6) is -0.772. The number of likely N-dealkylation sites (tertiary alicyclic amines) is 1. The first-order valence-corrected chi connectivity index (χ1v) is 12.3. The first-order chi connectivity index (χ1) is 16.5. The normalized spacial score (nSPS) is 18.2. The number of carbonyl (C=O) groups is 2. The van der Waals surface area contributed by atoms with E-state index in [9.17, 15) is 14.0 Å². The van der Waals surface area contributed by atoms with Crippen LogP contribution in [0.15, 0.2) is 47.6 Å². The molecule has 2 aromatic rings. The Morgan fingerprint density at radius 1 is 1.18 bits per heavy atom. The molecule has 4 rings (SSSR count). The molecule has 0 aliphatic carbocycles. The van der Waals surface area contributed by atoms with Gasteiger partial charge >= 0.3 is 0 Å². The molecule has 2 aliphatic rings. The van der Waals surface area contributed by atoms with Gasteiger partial charge in [-0.3, -0.25) is 14.3 Å². The lowest BCUT2D eigenvalue weighted by Gasteiger charge is -2.31. The highest BCUT2D eigenvalue weighted by Crippen LogP contribution is 2.23. The van der Waals surface area contributed by atoms with Gasteiger partial charge in [-0.05, 0) is 93.7 Å². The van der Waals surface area contributed by atoms with Gasteiger partial charge in [-0.1, -0.05) is 0 Å². The van der Waals surface area contributed by atoms with Crippen molar-refractivity contribution in [3.8, 4) is 0 Å². The summed E-state index contributed by atoms with van der Waals surface area (Å²) >= 11 is 1.43. The molecular formula is C24H30FN5O3S. The minimum absolute atomic E-state index is 0.290. The summed E-state index contributed by atoms with van der Waals surface area (Å²) in [4.78, 5) is 32.6. The maximum Gasteiger partial charge on any atom is 0.251 e. The van der Waals surface area contributed by atoms with Crippen molar-refractivity contribution in [2.75, 3.05) is 38.7 Å². The standard InChI is InChI=1S/C24H30FN5O3S/c1-30-10-8-16(9-11-30)12-21(28-23(31)17-2-4-18(25)5-3-17)24(32)27-19-6-7-22(26-13-19)34-29-20-14-33-15-20/h2-7,13,16,20-21,29H,8-12,14-15H2,1H3,(H,27,32)(H,28,31). The number of amides is 2. The van der Waals surface area contributed by atoms with Gasteiger partial charge in [0.15, 0.2) is 0 Å². The third-order valence-corrected chi connectivity index (χ3v) is 7.01. The summed E-state index contributed by atoms with van der Waals surface area (Å²) in [6, 6.07) is 8.55. The van der Waals surface area contributed by atoms with Crippen molar-refractivity contribution in [2.24, 2.45) is 5.92 Å². The Labute approximate surface area is 203 Å². The van der Waals surface area contributed by atoms with Crippen LogP contribution in [-0.2, 0) is 9.53 Å². The van der Waals surface area contributed by atoms with Crippen molar-refractivity contribution in [1.29, 1.82) is 0 Å². The summed E-state index contributed by atoms with van der Waals surface area (Å²) in [5, 5.41) is 6.53. The predicted octanol–water partition coefficient (Wildman–Crippen LogP) is 2.69. The van der Waals surface area contributed by atoms with Crippen LogP contribution in [0, 0.1) is 11.7 Å². The number of nitrogens with zero attached hydrogens (tertiary/aromatic N) is 2. The Morgan fingerprint density at radius 2 is 1.91 bits per heavy atom. The van der Waals surface area contributed by atoms with Gasteiger partial charge in [0.25, 0.3) is 5.91 Å². The topological polar surface area (TPSA) is 95.6 Å². The molecule has 2 aliphatic heterocycles. The van der Waals surface area contributed by atoms with Crippen molar-refractivity contribution in [1.82, 2.24) is 19.9 Å². The SMILES string of the molecule is CN1CCC(CC(NC(=O)c2ccc(F)cc2)C(=O)Nc2ccc(SNC3COC3)nc2)CC1. The maximum absolute atomic E-state index is 13.2. The number of ether oxygens (including phenoxy) is 1. The van der Waals surface area contributed by atoms with E-state index in [1.54, 1.807) is 12.3 Å². The number of hydrogen-bond acceptors (Lipinski definition) is 7. The number of halogens is 1. The van der Waals surface area contributed by atoms with Crippen LogP contribution < -0.4 is 15.4 Å². The van der Waals surface area contributed by atoms with Crippen molar-refractivity contribution < 1.29 is 18.7 Å². The van der Waals surface area contributed by atoms with E-state index in [2.05, 4.69) is 32.3 Å². The van der Waals surface area contributed by atoms with Crippen molar-refractivity contribution in [2.45, 2.75) is 36.4 Å². The number of rotatable bonds is 9. The fraction of sp³-hybridized carbons (Fsp3) is 0.458. The summed E-state index contributed by atoms with van der Waals surface area (Å²) in [7, 11) is 2.08. The molecule has 8 nitrogen and oxygen atoms in total. The van der Waals surface area contributed by atoms with Crippen LogP contribution in [0.3, 0.4) is 0 Å². The van der Waals surface area contributed by atoms with E-state index in [1.807, 2.05) is 6.07 Å².